The SMILES string of the molecule is C=CC(Cc1cc(OC)c(Br)cc1OC)NC(=O)OC(C)(C)C. The molecule has 1 unspecified atom stereocenters. The van der Waals surface area contributed by atoms with Crippen LogP contribution >= 0.6 is 15.9 Å². The molecule has 0 aromatic heterocycles. The van der Waals surface area contributed by atoms with Crippen LogP contribution in [0.1, 0.15) is 26.3 Å². The van der Waals surface area contributed by atoms with Gasteiger partial charge in [0.15, 0.2) is 0 Å². The van der Waals surface area contributed by atoms with E-state index in [9.17, 15) is 4.79 Å². The summed E-state index contributed by atoms with van der Waals surface area (Å²) in [6.07, 6.45) is 1.69. The number of rotatable bonds is 6. The van der Waals surface area contributed by atoms with Crippen molar-refractivity contribution in [1.82, 2.24) is 5.32 Å². The normalized spacial score (nSPS) is 12.3. The molecule has 1 N–H and O–H groups in total. The number of methoxy groups -OCH3 is 2. The lowest BCUT2D eigenvalue weighted by Crippen LogP contribution is -2.39. The van der Waals surface area contributed by atoms with Gasteiger partial charge in [-0.1, -0.05) is 6.08 Å². The number of carbonyl (C=O) groups is 1. The van der Waals surface area contributed by atoms with Crippen molar-refractivity contribution >= 4 is 22.0 Å². The Morgan fingerprint density at radius 2 is 1.91 bits per heavy atom. The molecule has 0 spiro atoms. The van der Waals surface area contributed by atoms with Crippen molar-refractivity contribution in [2.45, 2.75) is 38.8 Å². The van der Waals surface area contributed by atoms with Gasteiger partial charge in [0, 0.05) is 12.0 Å². The van der Waals surface area contributed by atoms with Gasteiger partial charge in [0.05, 0.1) is 24.7 Å². The number of hydrogen-bond acceptors (Lipinski definition) is 4. The third kappa shape index (κ3) is 6.14. The summed E-state index contributed by atoms with van der Waals surface area (Å²) in [7, 11) is 3.20. The van der Waals surface area contributed by atoms with Crippen LogP contribution in [0.4, 0.5) is 4.79 Å². The fraction of sp³-hybridized carbons (Fsp3) is 0.471. The average molecular weight is 386 g/mol. The second kappa shape index (κ2) is 8.24. The number of benzene rings is 1. The molecule has 0 saturated heterocycles. The van der Waals surface area contributed by atoms with E-state index in [4.69, 9.17) is 14.2 Å². The van der Waals surface area contributed by atoms with E-state index in [0.29, 0.717) is 17.9 Å². The van der Waals surface area contributed by atoms with Crippen LogP contribution in [0.5, 0.6) is 11.5 Å². The van der Waals surface area contributed by atoms with Gasteiger partial charge < -0.3 is 19.5 Å². The molecule has 0 aliphatic rings. The highest BCUT2D eigenvalue weighted by atomic mass is 79.9. The molecule has 0 radical (unpaired) electrons. The maximum atomic E-state index is 11.9. The van der Waals surface area contributed by atoms with E-state index < -0.39 is 11.7 Å². The minimum atomic E-state index is -0.547. The highest BCUT2D eigenvalue weighted by Gasteiger charge is 2.20. The van der Waals surface area contributed by atoms with Gasteiger partial charge in [0.2, 0.25) is 0 Å². The van der Waals surface area contributed by atoms with Crippen molar-refractivity contribution in [1.29, 1.82) is 0 Å². The molecule has 6 heteroatoms. The van der Waals surface area contributed by atoms with Crippen LogP contribution in [0.3, 0.4) is 0 Å². The first-order valence-corrected chi connectivity index (χ1v) is 8.02. The number of halogens is 1. The minimum absolute atomic E-state index is 0.287. The number of hydrogen-bond donors (Lipinski definition) is 1. The molecule has 0 fully saturated rings. The van der Waals surface area contributed by atoms with Crippen LogP contribution in [0, 0.1) is 0 Å². The third-order valence-corrected chi connectivity index (χ3v) is 3.60. The molecule has 1 aromatic rings. The summed E-state index contributed by atoms with van der Waals surface area (Å²) < 4.78 is 16.8. The largest absolute Gasteiger partial charge is 0.496 e. The van der Waals surface area contributed by atoms with E-state index >= 15 is 0 Å². The topological polar surface area (TPSA) is 56.8 Å². The van der Waals surface area contributed by atoms with Crippen LogP contribution in [0.15, 0.2) is 29.3 Å². The summed E-state index contributed by atoms with van der Waals surface area (Å²) in [4.78, 5) is 11.9. The summed E-state index contributed by atoms with van der Waals surface area (Å²) in [5, 5.41) is 2.79. The second-order valence-corrected chi connectivity index (χ2v) is 6.85. The van der Waals surface area contributed by atoms with E-state index in [1.165, 1.54) is 0 Å². The summed E-state index contributed by atoms with van der Waals surface area (Å²) in [5.41, 5.74) is 0.349. The van der Waals surface area contributed by atoms with Crippen LogP contribution < -0.4 is 14.8 Å². The number of nitrogens with one attached hydrogen (secondary N) is 1. The Kier molecular flexibility index (Phi) is 6.94. The lowest BCUT2D eigenvalue weighted by molar-refractivity contribution is 0.0514. The summed E-state index contributed by atoms with van der Waals surface area (Å²) >= 11 is 3.42. The van der Waals surface area contributed by atoms with E-state index in [2.05, 4.69) is 27.8 Å². The molecule has 23 heavy (non-hydrogen) atoms. The molecular weight excluding hydrogens is 362 g/mol. The lowest BCUT2D eigenvalue weighted by Gasteiger charge is -2.23. The molecule has 0 heterocycles. The maximum Gasteiger partial charge on any atom is 0.408 e. The zero-order valence-corrected chi connectivity index (χ0v) is 15.8. The van der Waals surface area contributed by atoms with Gasteiger partial charge in [-0.15, -0.1) is 6.58 Å². The molecule has 5 nitrogen and oxygen atoms in total. The van der Waals surface area contributed by atoms with Crippen molar-refractivity contribution < 1.29 is 19.0 Å². The van der Waals surface area contributed by atoms with Gasteiger partial charge in [-0.25, -0.2) is 4.79 Å². The predicted octanol–water partition coefficient (Wildman–Crippen LogP) is 4.09. The Balaban J connectivity index is 2.90. The Morgan fingerprint density at radius 3 is 2.39 bits per heavy atom. The van der Waals surface area contributed by atoms with Crippen LogP contribution in [0.25, 0.3) is 0 Å². The minimum Gasteiger partial charge on any atom is -0.496 e. The monoisotopic (exact) mass is 385 g/mol. The fourth-order valence-corrected chi connectivity index (χ4v) is 2.46. The molecule has 1 aromatic carbocycles. The first-order chi connectivity index (χ1) is 10.7. The molecular formula is C17H24BrNO4. The quantitative estimate of drug-likeness (QED) is 0.749. The smallest absolute Gasteiger partial charge is 0.408 e. The number of ether oxygens (including phenoxy) is 3. The van der Waals surface area contributed by atoms with Gasteiger partial charge in [-0.05, 0) is 48.8 Å². The van der Waals surface area contributed by atoms with Crippen LogP contribution in [-0.2, 0) is 11.2 Å². The first-order valence-electron chi connectivity index (χ1n) is 7.22. The number of carbonyl (C=O) groups excluding carboxylic acids is 1. The Labute approximate surface area is 146 Å². The Bertz CT molecular complexity index is 566. The molecule has 1 atom stereocenters. The van der Waals surface area contributed by atoms with Gasteiger partial charge in [-0.3, -0.25) is 0 Å². The zero-order valence-electron chi connectivity index (χ0n) is 14.2. The van der Waals surface area contributed by atoms with Gasteiger partial charge in [-0.2, -0.15) is 0 Å². The number of alkyl carbamates (subject to hydrolysis) is 1. The number of amides is 1. The standard InChI is InChI=1S/C17H24BrNO4/c1-7-12(19-16(20)23-17(2,3)4)8-11-9-15(22-6)13(18)10-14(11)21-5/h7,9-10,12H,1,8H2,2-6H3,(H,19,20). The second-order valence-electron chi connectivity index (χ2n) is 5.99. The molecule has 1 amide bonds. The predicted molar refractivity (Wildman–Crippen MR) is 94.3 cm³/mol. The third-order valence-electron chi connectivity index (χ3n) is 2.98. The van der Waals surface area contributed by atoms with E-state index in [-0.39, 0.29) is 6.04 Å². The molecule has 0 bridgehead atoms. The highest BCUT2D eigenvalue weighted by Crippen LogP contribution is 2.33. The molecule has 1 rings (SSSR count). The van der Waals surface area contributed by atoms with E-state index in [1.54, 1.807) is 20.3 Å². The summed E-state index contributed by atoms with van der Waals surface area (Å²) in [6, 6.07) is 3.42. The maximum absolute atomic E-state index is 11.9. The van der Waals surface area contributed by atoms with E-state index in [1.807, 2.05) is 32.9 Å². The summed E-state index contributed by atoms with van der Waals surface area (Å²) in [5.74, 6) is 1.40. The van der Waals surface area contributed by atoms with Crippen molar-refractivity contribution in [3.63, 3.8) is 0 Å². The zero-order chi connectivity index (χ0) is 17.6. The molecule has 0 saturated carbocycles. The average Bonchev–Trinajstić information content (AvgIpc) is 2.45. The lowest BCUT2D eigenvalue weighted by atomic mass is 10.0. The van der Waals surface area contributed by atoms with Gasteiger partial charge in [0.25, 0.3) is 0 Å². The van der Waals surface area contributed by atoms with Crippen LogP contribution in [0.2, 0.25) is 0 Å². The highest BCUT2D eigenvalue weighted by molar-refractivity contribution is 9.10. The van der Waals surface area contributed by atoms with Gasteiger partial charge >= 0.3 is 6.09 Å². The Morgan fingerprint density at radius 1 is 1.30 bits per heavy atom. The Hall–Kier alpha value is -1.69. The molecule has 128 valence electrons. The van der Waals surface area contributed by atoms with E-state index in [0.717, 1.165) is 10.0 Å². The van der Waals surface area contributed by atoms with Crippen LogP contribution in [-0.4, -0.2) is 32.0 Å². The molecule has 0 aliphatic heterocycles. The van der Waals surface area contributed by atoms with Crippen molar-refractivity contribution in [3.05, 3.63) is 34.8 Å². The van der Waals surface area contributed by atoms with Crippen molar-refractivity contribution in [2.75, 3.05) is 14.2 Å². The first kappa shape index (κ1) is 19.4. The van der Waals surface area contributed by atoms with Crippen molar-refractivity contribution in [2.24, 2.45) is 0 Å². The van der Waals surface area contributed by atoms with Gasteiger partial charge in [0.1, 0.15) is 17.1 Å². The van der Waals surface area contributed by atoms with Crippen molar-refractivity contribution in [3.8, 4) is 11.5 Å². The molecule has 0 aliphatic carbocycles. The summed E-state index contributed by atoms with van der Waals surface area (Å²) in [6.45, 7) is 9.22. The fourth-order valence-electron chi connectivity index (χ4n) is 1.97.